The first-order valence-corrected chi connectivity index (χ1v) is 10.2. The lowest BCUT2D eigenvalue weighted by molar-refractivity contribution is -0.137. The van der Waals surface area contributed by atoms with Gasteiger partial charge in [-0.1, -0.05) is 30.7 Å². The van der Waals surface area contributed by atoms with Crippen LogP contribution in [-0.2, 0) is 22.2 Å². The molecular formula is C20H20ClF3N2O2S. The number of thioether (sulfide) groups is 1. The van der Waals surface area contributed by atoms with Crippen molar-refractivity contribution in [1.82, 2.24) is 0 Å². The number of nitrogens with one attached hydrogen (secondary N) is 2. The first-order chi connectivity index (χ1) is 13.6. The van der Waals surface area contributed by atoms with E-state index in [4.69, 9.17) is 11.6 Å². The molecule has 0 spiro atoms. The maximum Gasteiger partial charge on any atom is 0.416 e. The summed E-state index contributed by atoms with van der Waals surface area (Å²) in [5.41, 5.74) is 0.766. The Balaban J connectivity index is 1.89. The van der Waals surface area contributed by atoms with Gasteiger partial charge in [-0.25, -0.2) is 0 Å². The molecule has 4 nitrogen and oxygen atoms in total. The highest BCUT2D eigenvalue weighted by molar-refractivity contribution is 8.01. The van der Waals surface area contributed by atoms with Crippen molar-refractivity contribution in [3.63, 3.8) is 0 Å². The minimum atomic E-state index is -4.54. The first-order valence-electron chi connectivity index (χ1n) is 8.78. The van der Waals surface area contributed by atoms with E-state index in [1.165, 1.54) is 0 Å². The van der Waals surface area contributed by atoms with Crippen LogP contribution in [0.1, 0.15) is 25.0 Å². The Morgan fingerprint density at radius 2 is 1.76 bits per heavy atom. The molecule has 0 bridgehead atoms. The summed E-state index contributed by atoms with van der Waals surface area (Å²) in [6, 6.07) is 10.1. The van der Waals surface area contributed by atoms with Crippen molar-refractivity contribution >= 4 is 46.6 Å². The van der Waals surface area contributed by atoms with E-state index in [0.29, 0.717) is 5.69 Å². The number of amides is 2. The van der Waals surface area contributed by atoms with Crippen LogP contribution in [0.3, 0.4) is 0 Å². The zero-order valence-corrected chi connectivity index (χ0v) is 17.3. The maximum atomic E-state index is 12.8. The number of aryl methyl sites for hydroxylation is 1. The topological polar surface area (TPSA) is 58.2 Å². The summed E-state index contributed by atoms with van der Waals surface area (Å²) in [5.74, 6) is -0.812. The van der Waals surface area contributed by atoms with Gasteiger partial charge in [0.15, 0.2) is 0 Å². The summed E-state index contributed by atoms with van der Waals surface area (Å²) in [7, 11) is 0. The summed E-state index contributed by atoms with van der Waals surface area (Å²) >= 11 is 6.95. The molecule has 2 aromatic carbocycles. The number of rotatable bonds is 7. The first kappa shape index (κ1) is 23.1. The van der Waals surface area contributed by atoms with Crippen LogP contribution in [0.2, 0.25) is 5.02 Å². The van der Waals surface area contributed by atoms with Gasteiger partial charge >= 0.3 is 6.18 Å². The van der Waals surface area contributed by atoms with E-state index in [1.54, 1.807) is 19.1 Å². The van der Waals surface area contributed by atoms with Gasteiger partial charge in [-0.05, 0) is 49.2 Å². The molecule has 0 aliphatic heterocycles. The van der Waals surface area contributed by atoms with E-state index in [9.17, 15) is 22.8 Å². The van der Waals surface area contributed by atoms with E-state index in [0.717, 1.165) is 41.9 Å². The van der Waals surface area contributed by atoms with Crippen LogP contribution in [0.4, 0.5) is 24.5 Å². The van der Waals surface area contributed by atoms with Crippen LogP contribution < -0.4 is 10.6 Å². The highest BCUT2D eigenvalue weighted by Gasteiger charge is 2.31. The molecule has 0 aliphatic carbocycles. The van der Waals surface area contributed by atoms with Crippen molar-refractivity contribution in [1.29, 1.82) is 0 Å². The molecule has 1 unspecified atom stereocenters. The van der Waals surface area contributed by atoms with E-state index >= 15 is 0 Å². The standard InChI is InChI=1S/C20H20ClF3N2O2S/c1-3-13-4-7-15(8-5-13)25-18(27)11-29-12(2)19(28)26-17-10-14(20(22,23)24)6-9-16(17)21/h4-10,12H,3,11H2,1-2H3,(H,25,27)(H,26,28). The zero-order valence-electron chi connectivity index (χ0n) is 15.8. The number of hydrogen-bond acceptors (Lipinski definition) is 3. The summed E-state index contributed by atoms with van der Waals surface area (Å²) in [6.45, 7) is 3.59. The summed E-state index contributed by atoms with van der Waals surface area (Å²) in [6.07, 6.45) is -3.65. The number of benzene rings is 2. The lowest BCUT2D eigenvalue weighted by Gasteiger charge is -2.15. The van der Waals surface area contributed by atoms with Crippen LogP contribution in [0.15, 0.2) is 42.5 Å². The van der Waals surface area contributed by atoms with E-state index in [1.807, 2.05) is 19.1 Å². The molecule has 9 heteroatoms. The molecule has 0 radical (unpaired) electrons. The molecule has 2 rings (SSSR count). The highest BCUT2D eigenvalue weighted by atomic mass is 35.5. The summed E-state index contributed by atoms with van der Waals surface area (Å²) in [4.78, 5) is 24.3. The van der Waals surface area contributed by atoms with Crippen LogP contribution in [0.5, 0.6) is 0 Å². The fourth-order valence-electron chi connectivity index (χ4n) is 2.33. The second-order valence-electron chi connectivity index (χ2n) is 6.23. The van der Waals surface area contributed by atoms with E-state index in [-0.39, 0.29) is 22.4 Å². The molecule has 2 N–H and O–H groups in total. The number of anilines is 2. The Morgan fingerprint density at radius 3 is 2.34 bits per heavy atom. The molecule has 0 aliphatic rings. The predicted octanol–water partition coefficient (Wildman–Crippen LogP) is 5.62. The Labute approximate surface area is 176 Å². The van der Waals surface area contributed by atoms with Crippen molar-refractivity contribution in [3.8, 4) is 0 Å². The van der Waals surface area contributed by atoms with Gasteiger partial charge in [0.1, 0.15) is 0 Å². The SMILES string of the molecule is CCc1ccc(NC(=O)CSC(C)C(=O)Nc2cc(C(F)(F)F)ccc2Cl)cc1. The molecule has 0 saturated heterocycles. The third kappa shape index (κ3) is 6.97. The van der Waals surface area contributed by atoms with Gasteiger partial charge in [0.2, 0.25) is 11.8 Å². The second kappa shape index (κ2) is 10.0. The van der Waals surface area contributed by atoms with Crippen molar-refractivity contribution in [2.45, 2.75) is 31.7 Å². The molecule has 0 heterocycles. The minimum absolute atomic E-state index is 0.00295. The molecule has 0 aromatic heterocycles. The Kier molecular flexibility index (Phi) is 7.98. The van der Waals surface area contributed by atoms with Gasteiger partial charge in [-0.3, -0.25) is 9.59 Å². The molecule has 29 heavy (non-hydrogen) atoms. The summed E-state index contributed by atoms with van der Waals surface area (Å²) < 4.78 is 38.5. The minimum Gasteiger partial charge on any atom is -0.325 e. The van der Waals surface area contributed by atoms with Gasteiger partial charge in [-0.15, -0.1) is 11.8 Å². The van der Waals surface area contributed by atoms with Crippen molar-refractivity contribution in [2.75, 3.05) is 16.4 Å². The fourth-order valence-corrected chi connectivity index (χ4v) is 3.18. The van der Waals surface area contributed by atoms with Gasteiger partial charge in [0.05, 0.1) is 27.3 Å². The zero-order chi connectivity index (χ0) is 21.6. The molecule has 2 aromatic rings. The molecule has 0 fully saturated rings. The van der Waals surface area contributed by atoms with Crippen LogP contribution in [-0.4, -0.2) is 22.8 Å². The third-order valence-electron chi connectivity index (χ3n) is 4.03. The number of carbonyl (C=O) groups excluding carboxylic acids is 2. The van der Waals surface area contributed by atoms with Gasteiger partial charge in [0, 0.05) is 5.69 Å². The quantitative estimate of drug-likeness (QED) is 0.582. The van der Waals surface area contributed by atoms with Crippen LogP contribution in [0, 0.1) is 0 Å². The van der Waals surface area contributed by atoms with Crippen molar-refractivity contribution in [2.24, 2.45) is 0 Å². The average molecular weight is 445 g/mol. The van der Waals surface area contributed by atoms with Gasteiger partial charge < -0.3 is 10.6 Å². The number of hydrogen-bond donors (Lipinski definition) is 2. The van der Waals surface area contributed by atoms with Crippen molar-refractivity contribution in [3.05, 3.63) is 58.6 Å². The largest absolute Gasteiger partial charge is 0.416 e. The van der Waals surface area contributed by atoms with E-state index in [2.05, 4.69) is 10.6 Å². The molecule has 156 valence electrons. The van der Waals surface area contributed by atoms with Gasteiger partial charge in [-0.2, -0.15) is 13.2 Å². The number of carbonyl (C=O) groups is 2. The maximum absolute atomic E-state index is 12.8. The summed E-state index contributed by atoms with van der Waals surface area (Å²) in [5, 5.41) is 4.44. The average Bonchev–Trinajstić information content (AvgIpc) is 2.67. The molecule has 1 atom stereocenters. The fraction of sp³-hybridized carbons (Fsp3) is 0.300. The molecular weight excluding hydrogens is 425 g/mol. The van der Waals surface area contributed by atoms with Crippen molar-refractivity contribution < 1.29 is 22.8 Å². The number of halogens is 4. The monoisotopic (exact) mass is 444 g/mol. The second-order valence-corrected chi connectivity index (χ2v) is 7.97. The normalized spacial score (nSPS) is 12.3. The lowest BCUT2D eigenvalue weighted by Crippen LogP contribution is -2.25. The third-order valence-corrected chi connectivity index (χ3v) is 5.50. The van der Waals surface area contributed by atoms with Gasteiger partial charge in [0.25, 0.3) is 0 Å². The Morgan fingerprint density at radius 1 is 1.10 bits per heavy atom. The van der Waals surface area contributed by atoms with Crippen LogP contribution >= 0.6 is 23.4 Å². The lowest BCUT2D eigenvalue weighted by atomic mass is 10.1. The number of alkyl halides is 3. The molecule has 0 saturated carbocycles. The Hall–Kier alpha value is -2.19. The Bertz CT molecular complexity index is 873. The van der Waals surface area contributed by atoms with Crippen LogP contribution in [0.25, 0.3) is 0 Å². The smallest absolute Gasteiger partial charge is 0.325 e. The molecule has 2 amide bonds. The predicted molar refractivity (Wildman–Crippen MR) is 111 cm³/mol. The highest BCUT2D eigenvalue weighted by Crippen LogP contribution is 2.34. The van der Waals surface area contributed by atoms with E-state index < -0.39 is 22.9 Å².